The Morgan fingerprint density at radius 3 is 2.50 bits per heavy atom. The van der Waals surface area contributed by atoms with Crippen molar-refractivity contribution in [3.63, 3.8) is 0 Å². The van der Waals surface area contributed by atoms with E-state index < -0.39 is 5.97 Å². The molecular formula is C26H23NO4S. The van der Waals surface area contributed by atoms with E-state index in [4.69, 9.17) is 9.47 Å². The Hall–Kier alpha value is -3.51. The third-order valence-electron chi connectivity index (χ3n) is 4.86. The number of rotatable bonds is 6. The molecule has 162 valence electrons. The van der Waals surface area contributed by atoms with Crippen LogP contribution in [0.15, 0.2) is 88.0 Å². The lowest BCUT2D eigenvalue weighted by molar-refractivity contribution is -0.138. The highest BCUT2D eigenvalue weighted by Gasteiger charge is 2.33. The van der Waals surface area contributed by atoms with E-state index in [0.29, 0.717) is 28.0 Å². The van der Waals surface area contributed by atoms with Crippen LogP contribution in [0.4, 0.5) is 5.69 Å². The average Bonchev–Trinajstić information content (AvgIpc) is 3.11. The lowest BCUT2D eigenvalue weighted by Gasteiger charge is -2.11. The Kier molecular flexibility index (Phi) is 6.61. The van der Waals surface area contributed by atoms with Crippen molar-refractivity contribution in [1.29, 1.82) is 0 Å². The fourth-order valence-corrected chi connectivity index (χ4v) is 4.47. The van der Waals surface area contributed by atoms with Gasteiger partial charge in [-0.05, 0) is 48.9 Å². The van der Waals surface area contributed by atoms with Gasteiger partial charge in [-0.3, -0.25) is 0 Å². The van der Waals surface area contributed by atoms with E-state index in [1.807, 2.05) is 79.7 Å². The van der Waals surface area contributed by atoms with Crippen molar-refractivity contribution in [3.05, 3.63) is 88.5 Å². The van der Waals surface area contributed by atoms with Gasteiger partial charge in [0.15, 0.2) is 0 Å². The van der Waals surface area contributed by atoms with Crippen LogP contribution in [0.1, 0.15) is 19.4 Å². The Balaban J connectivity index is 1.86. The number of carbonyl (C=O) groups is 1. The first-order valence-corrected chi connectivity index (χ1v) is 11.2. The lowest BCUT2D eigenvalue weighted by Crippen LogP contribution is -2.12. The summed E-state index contributed by atoms with van der Waals surface area (Å²) in [7, 11) is 0. The molecule has 0 aromatic heterocycles. The zero-order valence-corrected chi connectivity index (χ0v) is 18.7. The first-order chi connectivity index (χ1) is 15.6. The van der Waals surface area contributed by atoms with Crippen LogP contribution >= 0.6 is 11.8 Å². The number of benzene rings is 3. The molecule has 0 unspecified atom stereocenters. The molecule has 0 saturated heterocycles. The molecule has 0 fully saturated rings. The van der Waals surface area contributed by atoms with Gasteiger partial charge in [0.2, 0.25) is 0 Å². The van der Waals surface area contributed by atoms with Gasteiger partial charge in [0, 0.05) is 5.56 Å². The van der Waals surface area contributed by atoms with Gasteiger partial charge in [0.25, 0.3) is 0 Å². The molecule has 1 N–H and O–H groups in total. The van der Waals surface area contributed by atoms with Gasteiger partial charge < -0.3 is 14.6 Å². The second-order valence-electron chi connectivity index (χ2n) is 6.94. The molecule has 0 amide bonds. The summed E-state index contributed by atoms with van der Waals surface area (Å²) < 4.78 is 11.0. The predicted octanol–water partition coefficient (Wildman–Crippen LogP) is 6.43. The Labute approximate surface area is 191 Å². The molecule has 6 heteroatoms. The first-order valence-electron chi connectivity index (χ1n) is 10.4. The van der Waals surface area contributed by atoms with Crippen molar-refractivity contribution >= 4 is 45.3 Å². The maximum Gasteiger partial charge on any atom is 0.344 e. The summed E-state index contributed by atoms with van der Waals surface area (Å²) >= 11 is 1.24. The topological polar surface area (TPSA) is 68.1 Å². The fourth-order valence-electron chi connectivity index (χ4n) is 3.45. The number of esters is 1. The molecule has 5 nitrogen and oxygen atoms in total. The molecule has 0 bridgehead atoms. The number of ether oxygens (including phenoxy) is 2. The molecule has 0 aliphatic carbocycles. The van der Waals surface area contributed by atoms with Crippen molar-refractivity contribution in [1.82, 2.24) is 0 Å². The smallest absolute Gasteiger partial charge is 0.344 e. The summed E-state index contributed by atoms with van der Waals surface area (Å²) in [5.41, 5.74) is 1.60. The molecule has 0 saturated carbocycles. The summed E-state index contributed by atoms with van der Waals surface area (Å²) in [6, 6.07) is 21.2. The summed E-state index contributed by atoms with van der Waals surface area (Å²) in [6.07, 6.45) is 1.85. The SMILES string of the molecule is CCOC(=O)C1=C(O)/C(=C/c2c(OCC)ccc3ccccc23)SC1=Nc1ccccc1. The third-order valence-corrected chi connectivity index (χ3v) is 5.88. The van der Waals surface area contributed by atoms with Crippen LogP contribution in [0.5, 0.6) is 5.75 Å². The van der Waals surface area contributed by atoms with Crippen LogP contribution < -0.4 is 4.74 Å². The van der Waals surface area contributed by atoms with Crippen LogP contribution in [-0.4, -0.2) is 29.3 Å². The van der Waals surface area contributed by atoms with E-state index in [1.54, 1.807) is 6.92 Å². The second-order valence-corrected chi connectivity index (χ2v) is 7.97. The van der Waals surface area contributed by atoms with E-state index in [0.717, 1.165) is 16.3 Å². The number of thioether (sulfide) groups is 1. The van der Waals surface area contributed by atoms with Crippen LogP contribution in [0.25, 0.3) is 16.8 Å². The Morgan fingerprint density at radius 2 is 1.75 bits per heavy atom. The van der Waals surface area contributed by atoms with E-state index in [9.17, 15) is 9.90 Å². The summed E-state index contributed by atoms with van der Waals surface area (Å²) in [5.74, 6) is -0.0321. The second kappa shape index (κ2) is 9.75. The molecular weight excluding hydrogens is 422 g/mol. The van der Waals surface area contributed by atoms with Gasteiger partial charge in [-0.25, -0.2) is 9.79 Å². The maximum absolute atomic E-state index is 12.6. The molecule has 3 aromatic carbocycles. The van der Waals surface area contributed by atoms with Crippen molar-refractivity contribution in [2.45, 2.75) is 13.8 Å². The standard InChI is InChI=1S/C26H23NO4S/c1-3-30-21-15-14-17-10-8-9-13-19(17)20(21)16-22-24(28)23(26(29)31-4-2)25(32-22)27-18-11-6-5-7-12-18/h5-16,28H,3-4H2,1-2H3/b22-16-,27-25?. The maximum atomic E-state index is 12.6. The molecule has 0 radical (unpaired) electrons. The summed E-state index contributed by atoms with van der Waals surface area (Å²) in [6.45, 7) is 4.37. The lowest BCUT2D eigenvalue weighted by atomic mass is 10.0. The number of para-hydroxylation sites is 1. The zero-order valence-electron chi connectivity index (χ0n) is 17.9. The van der Waals surface area contributed by atoms with Gasteiger partial charge in [-0.2, -0.15) is 0 Å². The summed E-state index contributed by atoms with van der Waals surface area (Å²) in [4.78, 5) is 17.8. The normalized spacial score (nSPS) is 16.2. The van der Waals surface area contributed by atoms with Crippen molar-refractivity contribution in [2.24, 2.45) is 4.99 Å². The molecule has 1 aliphatic heterocycles. The van der Waals surface area contributed by atoms with Gasteiger partial charge in [-0.1, -0.05) is 60.3 Å². The Bertz CT molecular complexity index is 1250. The third kappa shape index (κ3) is 4.41. The number of carbonyl (C=O) groups excluding carboxylic acids is 1. The first kappa shape index (κ1) is 21.7. The fraction of sp³-hybridized carbons (Fsp3) is 0.154. The number of aliphatic hydroxyl groups excluding tert-OH is 1. The minimum absolute atomic E-state index is 0.0742. The van der Waals surface area contributed by atoms with E-state index >= 15 is 0 Å². The van der Waals surface area contributed by atoms with Gasteiger partial charge >= 0.3 is 5.97 Å². The van der Waals surface area contributed by atoms with Crippen LogP contribution in [0, 0.1) is 0 Å². The molecule has 1 heterocycles. The molecule has 1 aliphatic rings. The van der Waals surface area contributed by atoms with Crippen LogP contribution in [0.2, 0.25) is 0 Å². The number of hydrogen-bond acceptors (Lipinski definition) is 6. The van der Waals surface area contributed by atoms with Gasteiger partial charge in [-0.15, -0.1) is 0 Å². The molecule has 4 rings (SSSR count). The molecule has 32 heavy (non-hydrogen) atoms. The van der Waals surface area contributed by atoms with Gasteiger partial charge in [0.1, 0.15) is 22.1 Å². The minimum Gasteiger partial charge on any atom is -0.506 e. The molecule has 0 spiro atoms. The van der Waals surface area contributed by atoms with Crippen LogP contribution in [0.3, 0.4) is 0 Å². The predicted molar refractivity (Wildman–Crippen MR) is 131 cm³/mol. The molecule has 0 atom stereocenters. The number of nitrogens with zero attached hydrogens (tertiary/aromatic N) is 1. The average molecular weight is 446 g/mol. The number of aliphatic hydroxyl groups is 1. The minimum atomic E-state index is -0.599. The quantitative estimate of drug-likeness (QED) is 0.443. The van der Waals surface area contributed by atoms with Crippen molar-refractivity contribution in [3.8, 4) is 5.75 Å². The largest absolute Gasteiger partial charge is 0.506 e. The number of fused-ring (bicyclic) bond motifs is 1. The van der Waals surface area contributed by atoms with E-state index in [1.165, 1.54) is 11.8 Å². The summed E-state index contributed by atoms with van der Waals surface area (Å²) in [5, 5.41) is 13.5. The monoisotopic (exact) mass is 445 g/mol. The highest BCUT2D eigenvalue weighted by atomic mass is 32.2. The molecule has 3 aromatic rings. The number of aliphatic imine (C=N–C) groups is 1. The van der Waals surface area contributed by atoms with Crippen LogP contribution in [-0.2, 0) is 9.53 Å². The Morgan fingerprint density at radius 1 is 1.00 bits per heavy atom. The van der Waals surface area contributed by atoms with Gasteiger partial charge in [0.05, 0.1) is 23.8 Å². The van der Waals surface area contributed by atoms with E-state index in [-0.39, 0.29) is 17.9 Å². The zero-order chi connectivity index (χ0) is 22.5. The van der Waals surface area contributed by atoms with Crippen molar-refractivity contribution in [2.75, 3.05) is 13.2 Å². The number of hydrogen-bond donors (Lipinski definition) is 1. The van der Waals surface area contributed by atoms with E-state index in [2.05, 4.69) is 4.99 Å². The highest BCUT2D eigenvalue weighted by Crippen LogP contribution is 2.42. The van der Waals surface area contributed by atoms with Crippen molar-refractivity contribution < 1.29 is 19.4 Å². The highest BCUT2D eigenvalue weighted by molar-refractivity contribution is 8.18.